The highest BCUT2D eigenvalue weighted by Gasteiger charge is 2.09. The van der Waals surface area contributed by atoms with Crippen molar-refractivity contribution >= 4 is 5.91 Å². The van der Waals surface area contributed by atoms with Crippen molar-refractivity contribution in [2.24, 2.45) is 0 Å². The van der Waals surface area contributed by atoms with Crippen LogP contribution in [0.25, 0.3) is 11.3 Å². The van der Waals surface area contributed by atoms with Crippen LogP contribution in [0.5, 0.6) is 5.75 Å². The molecule has 1 N–H and O–H groups in total. The first-order valence-corrected chi connectivity index (χ1v) is 8.09. The fraction of sp³-hybridized carbons (Fsp3) is 0.444. The summed E-state index contributed by atoms with van der Waals surface area (Å²) >= 11 is 0. The van der Waals surface area contributed by atoms with E-state index in [1.807, 2.05) is 38.4 Å². The number of methoxy groups -OCH3 is 1. The fourth-order valence-corrected chi connectivity index (χ4v) is 2.25. The maximum atomic E-state index is 11.8. The van der Waals surface area contributed by atoms with E-state index >= 15 is 0 Å². The fourth-order valence-electron chi connectivity index (χ4n) is 2.25. The smallest absolute Gasteiger partial charge is 0.220 e. The van der Waals surface area contributed by atoms with E-state index in [0.717, 1.165) is 24.3 Å². The Morgan fingerprint density at radius 3 is 2.71 bits per heavy atom. The molecule has 1 aromatic heterocycles. The van der Waals surface area contributed by atoms with Crippen LogP contribution in [0.3, 0.4) is 0 Å². The zero-order chi connectivity index (χ0) is 17.4. The summed E-state index contributed by atoms with van der Waals surface area (Å²) in [5.74, 6) is 2.09. The topological polar surface area (TPSA) is 67.6 Å². The number of hydrogen-bond acceptors (Lipinski definition) is 5. The normalized spacial score (nSPS) is 10.8. The Balaban J connectivity index is 1.77. The molecule has 0 aliphatic rings. The van der Waals surface area contributed by atoms with Crippen molar-refractivity contribution in [3.8, 4) is 17.1 Å². The molecule has 6 nitrogen and oxygen atoms in total. The average Bonchev–Trinajstić information content (AvgIpc) is 3.06. The van der Waals surface area contributed by atoms with Gasteiger partial charge in [-0.2, -0.15) is 0 Å². The Kier molecular flexibility index (Phi) is 6.81. The highest BCUT2D eigenvalue weighted by Crippen LogP contribution is 2.23. The molecule has 24 heavy (non-hydrogen) atoms. The molecule has 0 aliphatic carbocycles. The second-order valence-corrected chi connectivity index (χ2v) is 5.85. The molecule has 0 saturated carbocycles. The molecule has 0 spiro atoms. The third-order valence-electron chi connectivity index (χ3n) is 3.60. The quantitative estimate of drug-likeness (QED) is 0.715. The van der Waals surface area contributed by atoms with E-state index in [1.54, 1.807) is 13.3 Å². The lowest BCUT2D eigenvalue weighted by Gasteiger charge is -2.09. The maximum Gasteiger partial charge on any atom is 0.220 e. The summed E-state index contributed by atoms with van der Waals surface area (Å²) in [5.41, 5.74) is 0.933. The molecular weight excluding hydrogens is 306 g/mol. The molecule has 6 heteroatoms. The molecule has 0 bridgehead atoms. The molecule has 2 rings (SSSR count). The Hall–Kier alpha value is -2.34. The number of amides is 1. The molecule has 1 aromatic carbocycles. The molecular formula is C18H25N3O3. The lowest BCUT2D eigenvalue weighted by molar-refractivity contribution is -0.121. The molecule has 0 fully saturated rings. The van der Waals surface area contributed by atoms with Crippen LogP contribution in [-0.2, 0) is 11.2 Å². The highest BCUT2D eigenvalue weighted by molar-refractivity contribution is 5.76. The van der Waals surface area contributed by atoms with E-state index in [9.17, 15) is 4.79 Å². The van der Waals surface area contributed by atoms with Gasteiger partial charge >= 0.3 is 0 Å². The van der Waals surface area contributed by atoms with E-state index in [2.05, 4.69) is 15.2 Å². The first-order valence-electron chi connectivity index (χ1n) is 8.09. The summed E-state index contributed by atoms with van der Waals surface area (Å²) < 4.78 is 10.8. The highest BCUT2D eigenvalue weighted by atomic mass is 16.5. The van der Waals surface area contributed by atoms with Crippen LogP contribution in [0.4, 0.5) is 0 Å². The average molecular weight is 331 g/mol. The largest absolute Gasteiger partial charge is 0.497 e. The maximum absolute atomic E-state index is 11.8. The van der Waals surface area contributed by atoms with Gasteiger partial charge in [0.25, 0.3) is 0 Å². The predicted octanol–water partition coefficient (Wildman–Crippen LogP) is 2.35. The molecule has 0 aliphatic heterocycles. The van der Waals surface area contributed by atoms with Gasteiger partial charge in [0.1, 0.15) is 5.75 Å². The van der Waals surface area contributed by atoms with Crippen molar-refractivity contribution < 1.29 is 13.9 Å². The standard InChI is InChI=1S/C18H25N3O3/c1-21(2)12-4-11-19-17(22)9-10-18-20-13-16(24-18)14-5-7-15(23-3)8-6-14/h5-8,13H,4,9-12H2,1-3H3,(H,19,22). The van der Waals surface area contributed by atoms with Crippen LogP contribution >= 0.6 is 0 Å². The summed E-state index contributed by atoms with van der Waals surface area (Å²) in [4.78, 5) is 18.1. The summed E-state index contributed by atoms with van der Waals surface area (Å²) in [7, 11) is 5.67. The van der Waals surface area contributed by atoms with Gasteiger partial charge < -0.3 is 19.4 Å². The van der Waals surface area contributed by atoms with Crippen LogP contribution in [0.15, 0.2) is 34.9 Å². The number of nitrogens with one attached hydrogen (secondary N) is 1. The first kappa shape index (κ1) is 18.0. The van der Waals surface area contributed by atoms with Gasteiger partial charge in [-0.05, 0) is 51.3 Å². The number of carbonyl (C=O) groups excluding carboxylic acids is 1. The number of benzene rings is 1. The number of ether oxygens (including phenoxy) is 1. The summed E-state index contributed by atoms with van der Waals surface area (Å²) in [6.07, 6.45) is 3.51. The van der Waals surface area contributed by atoms with Gasteiger partial charge in [0.2, 0.25) is 5.91 Å². The third-order valence-corrected chi connectivity index (χ3v) is 3.60. The minimum absolute atomic E-state index is 0.0259. The summed E-state index contributed by atoms with van der Waals surface area (Å²) in [6, 6.07) is 7.58. The van der Waals surface area contributed by atoms with Crippen LogP contribution in [0.2, 0.25) is 0 Å². The van der Waals surface area contributed by atoms with Crippen LogP contribution in [-0.4, -0.2) is 50.1 Å². The lowest BCUT2D eigenvalue weighted by Crippen LogP contribution is -2.27. The monoisotopic (exact) mass is 331 g/mol. The number of aryl methyl sites for hydroxylation is 1. The van der Waals surface area contributed by atoms with E-state index < -0.39 is 0 Å². The minimum atomic E-state index is 0.0259. The summed E-state index contributed by atoms with van der Waals surface area (Å²) in [5, 5.41) is 2.91. The molecule has 1 amide bonds. The van der Waals surface area contributed by atoms with Gasteiger partial charge in [-0.3, -0.25) is 4.79 Å². The van der Waals surface area contributed by atoms with Crippen molar-refractivity contribution in [1.82, 2.24) is 15.2 Å². The minimum Gasteiger partial charge on any atom is -0.497 e. The van der Waals surface area contributed by atoms with Crippen LogP contribution in [0.1, 0.15) is 18.7 Å². The van der Waals surface area contributed by atoms with Crippen molar-refractivity contribution in [3.63, 3.8) is 0 Å². The molecule has 0 unspecified atom stereocenters. The molecule has 1 heterocycles. The predicted molar refractivity (Wildman–Crippen MR) is 93.0 cm³/mol. The third kappa shape index (κ3) is 5.70. The van der Waals surface area contributed by atoms with Gasteiger partial charge in [0, 0.05) is 24.9 Å². The second kappa shape index (κ2) is 9.08. The zero-order valence-corrected chi connectivity index (χ0v) is 14.5. The number of carbonyl (C=O) groups is 1. The van der Waals surface area contributed by atoms with E-state index in [1.165, 1.54) is 0 Å². The molecule has 0 saturated heterocycles. The second-order valence-electron chi connectivity index (χ2n) is 5.85. The van der Waals surface area contributed by atoms with E-state index in [0.29, 0.717) is 31.0 Å². The number of nitrogens with zero attached hydrogens (tertiary/aromatic N) is 2. The Morgan fingerprint density at radius 2 is 2.04 bits per heavy atom. The number of oxazole rings is 1. The van der Waals surface area contributed by atoms with Gasteiger partial charge in [0.05, 0.1) is 13.3 Å². The van der Waals surface area contributed by atoms with Gasteiger partial charge in [-0.15, -0.1) is 0 Å². The van der Waals surface area contributed by atoms with Crippen LogP contribution in [0, 0.1) is 0 Å². The van der Waals surface area contributed by atoms with Gasteiger partial charge in [0.15, 0.2) is 11.7 Å². The van der Waals surface area contributed by atoms with Crippen molar-refractivity contribution in [2.75, 3.05) is 34.3 Å². The van der Waals surface area contributed by atoms with E-state index in [-0.39, 0.29) is 5.91 Å². The Bertz CT molecular complexity index is 635. The van der Waals surface area contributed by atoms with E-state index in [4.69, 9.17) is 9.15 Å². The number of rotatable bonds is 9. The van der Waals surface area contributed by atoms with Gasteiger partial charge in [-0.1, -0.05) is 0 Å². The van der Waals surface area contributed by atoms with Crippen molar-refractivity contribution in [3.05, 3.63) is 36.4 Å². The van der Waals surface area contributed by atoms with Crippen molar-refractivity contribution in [2.45, 2.75) is 19.3 Å². The van der Waals surface area contributed by atoms with Gasteiger partial charge in [-0.25, -0.2) is 4.98 Å². The van der Waals surface area contributed by atoms with Crippen molar-refractivity contribution in [1.29, 1.82) is 0 Å². The Morgan fingerprint density at radius 1 is 1.29 bits per heavy atom. The first-order chi connectivity index (χ1) is 11.6. The molecule has 2 aromatic rings. The van der Waals surface area contributed by atoms with Crippen LogP contribution < -0.4 is 10.1 Å². The molecule has 0 radical (unpaired) electrons. The SMILES string of the molecule is COc1ccc(-c2cnc(CCC(=O)NCCCN(C)C)o2)cc1. The number of aromatic nitrogens is 1. The molecule has 130 valence electrons. The lowest BCUT2D eigenvalue weighted by atomic mass is 10.2. The number of hydrogen-bond donors (Lipinski definition) is 1. The Labute approximate surface area is 142 Å². The summed E-state index contributed by atoms with van der Waals surface area (Å²) in [6.45, 7) is 1.66. The zero-order valence-electron chi connectivity index (χ0n) is 14.5. The molecule has 0 atom stereocenters.